The summed E-state index contributed by atoms with van der Waals surface area (Å²) in [5.41, 5.74) is 6.77. The van der Waals surface area contributed by atoms with Crippen LogP contribution in [-0.4, -0.2) is 18.1 Å². The van der Waals surface area contributed by atoms with E-state index < -0.39 is 0 Å². The van der Waals surface area contributed by atoms with Crippen molar-refractivity contribution in [3.63, 3.8) is 0 Å². The minimum Gasteiger partial charge on any atom is -0.384 e. The number of hydrogen-bond acceptors (Lipinski definition) is 3. The molecule has 0 spiro atoms. The second kappa shape index (κ2) is 4.51. The molecule has 2 rings (SSSR count). The van der Waals surface area contributed by atoms with E-state index in [1.165, 1.54) is 31.5 Å². The van der Waals surface area contributed by atoms with Gasteiger partial charge in [-0.1, -0.05) is 6.42 Å². The Morgan fingerprint density at radius 1 is 1.47 bits per heavy atom. The molecule has 0 atom stereocenters. The fraction of sp³-hybridized carbons (Fsp3) is 0.583. The Morgan fingerprint density at radius 2 is 2.27 bits per heavy atom. The second-order valence-corrected chi connectivity index (χ2v) is 4.28. The number of nitrogens with two attached hydrogens (primary N) is 1. The summed E-state index contributed by atoms with van der Waals surface area (Å²) >= 11 is 0. The van der Waals surface area contributed by atoms with Crippen LogP contribution in [-0.2, 0) is 0 Å². The van der Waals surface area contributed by atoms with Crippen molar-refractivity contribution >= 4 is 11.5 Å². The van der Waals surface area contributed by atoms with Gasteiger partial charge in [-0.25, -0.2) is 4.98 Å². The van der Waals surface area contributed by atoms with E-state index in [1.807, 2.05) is 12.3 Å². The largest absolute Gasteiger partial charge is 0.384 e. The molecule has 1 aliphatic rings. The molecule has 1 saturated carbocycles. The summed E-state index contributed by atoms with van der Waals surface area (Å²) < 4.78 is 0. The summed E-state index contributed by atoms with van der Waals surface area (Å²) in [4.78, 5) is 6.52. The van der Waals surface area contributed by atoms with E-state index in [2.05, 4.69) is 22.9 Å². The van der Waals surface area contributed by atoms with Crippen molar-refractivity contribution in [2.45, 2.75) is 26.2 Å². The molecule has 1 aliphatic carbocycles. The monoisotopic (exact) mass is 205 g/mol. The summed E-state index contributed by atoms with van der Waals surface area (Å²) in [7, 11) is 0. The van der Waals surface area contributed by atoms with Gasteiger partial charge in [-0.15, -0.1) is 0 Å². The Kier molecular flexibility index (Phi) is 3.09. The van der Waals surface area contributed by atoms with Crippen molar-refractivity contribution in [3.8, 4) is 0 Å². The topological polar surface area (TPSA) is 42.1 Å². The maximum Gasteiger partial charge on any atom is 0.123 e. The minimum atomic E-state index is 0.596. The Balaban J connectivity index is 2.01. The van der Waals surface area contributed by atoms with Crippen molar-refractivity contribution in [3.05, 3.63) is 18.3 Å². The van der Waals surface area contributed by atoms with Crippen LogP contribution in [0.4, 0.5) is 11.5 Å². The van der Waals surface area contributed by atoms with Crippen LogP contribution in [0.15, 0.2) is 18.3 Å². The third-order valence-electron chi connectivity index (χ3n) is 3.22. The molecule has 3 nitrogen and oxygen atoms in total. The second-order valence-electron chi connectivity index (χ2n) is 4.28. The lowest BCUT2D eigenvalue weighted by Crippen LogP contribution is -2.32. The van der Waals surface area contributed by atoms with E-state index in [0.29, 0.717) is 5.82 Å². The van der Waals surface area contributed by atoms with Crippen molar-refractivity contribution < 1.29 is 0 Å². The van der Waals surface area contributed by atoms with E-state index >= 15 is 0 Å². The van der Waals surface area contributed by atoms with Crippen LogP contribution in [0.25, 0.3) is 0 Å². The number of aromatic nitrogens is 1. The average molecular weight is 205 g/mol. The summed E-state index contributed by atoms with van der Waals surface area (Å²) in [6.07, 6.45) is 6.05. The SMILES string of the molecule is CCN(CC1CCC1)c1ccc(N)nc1. The van der Waals surface area contributed by atoms with Crippen LogP contribution in [0, 0.1) is 5.92 Å². The van der Waals surface area contributed by atoms with Gasteiger partial charge in [0.2, 0.25) is 0 Å². The van der Waals surface area contributed by atoms with Crippen LogP contribution in [0.5, 0.6) is 0 Å². The van der Waals surface area contributed by atoms with Crippen LogP contribution in [0.2, 0.25) is 0 Å². The van der Waals surface area contributed by atoms with Gasteiger partial charge in [-0.05, 0) is 37.8 Å². The van der Waals surface area contributed by atoms with E-state index in [1.54, 1.807) is 0 Å². The molecular formula is C12H19N3. The van der Waals surface area contributed by atoms with E-state index in [0.717, 1.165) is 12.5 Å². The quantitative estimate of drug-likeness (QED) is 0.820. The molecule has 15 heavy (non-hydrogen) atoms. The molecule has 0 aromatic carbocycles. The third-order valence-corrected chi connectivity index (χ3v) is 3.22. The first-order valence-electron chi connectivity index (χ1n) is 5.76. The Hall–Kier alpha value is -1.25. The number of nitrogens with zero attached hydrogens (tertiary/aromatic N) is 2. The molecule has 0 bridgehead atoms. The molecule has 1 aromatic heterocycles. The number of pyridine rings is 1. The van der Waals surface area contributed by atoms with Crippen molar-refractivity contribution in [1.82, 2.24) is 4.98 Å². The highest BCUT2D eigenvalue weighted by Gasteiger charge is 2.20. The summed E-state index contributed by atoms with van der Waals surface area (Å²) in [5, 5.41) is 0. The molecule has 0 radical (unpaired) electrons. The molecule has 3 heteroatoms. The normalized spacial score (nSPS) is 16.1. The van der Waals surface area contributed by atoms with Gasteiger partial charge in [0.05, 0.1) is 11.9 Å². The lowest BCUT2D eigenvalue weighted by atomic mass is 9.85. The zero-order chi connectivity index (χ0) is 10.7. The van der Waals surface area contributed by atoms with Crippen LogP contribution in [0.1, 0.15) is 26.2 Å². The predicted molar refractivity (Wildman–Crippen MR) is 63.9 cm³/mol. The zero-order valence-corrected chi connectivity index (χ0v) is 9.32. The van der Waals surface area contributed by atoms with Gasteiger partial charge in [0.1, 0.15) is 5.82 Å². The third kappa shape index (κ3) is 2.41. The predicted octanol–water partition coefficient (Wildman–Crippen LogP) is 2.29. The van der Waals surface area contributed by atoms with Gasteiger partial charge in [0.15, 0.2) is 0 Å². The number of nitrogen functional groups attached to an aromatic ring is 1. The molecule has 82 valence electrons. The van der Waals surface area contributed by atoms with Gasteiger partial charge in [-0.3, -0.25) is 0 Å². The van der Waals surface area contributed by atoms with Crippen LogP contribution < -0.4 is 10.6 Å². The molecule has 2 N–H and O–H groups in total. The molecule has 0 aliphatic heterocycles. The van der Waals surface area contributed by atoms with E-state index in [9.17, 15) is 0 Å². The lowest BCUT2D eigenvalue weighted by molar-refractivity contribution is 0.318. The average Bonchev–Trinajstić information content (AvgIpc) is 2.19. The summed E-state index contributed by atoms with van der Waals surface area (Å²) in [5.74, 6) is 1.49. The van der Waals surface area contributed by atoms with Crippen LogP contribution in [0.3, 0.4) is 0 Å². The first-order valence-corrected chi connectivity index (χ1v) is 5.76. The summed E-state index contributed by atoms with van der Waals surface area (Å²) in [6.45, 7) is 4.40. The lowest BCUT2D eigenvalue weighted by Gasteiger charge is -2.32. The fourth-order valence-corrected chi connectivity index (χ4v) is 1.99. The highest BCUT2D eigenvalue weighted by Crippen LogP contribution is 2.28. The maximum absolute atomic E-state index is 5.58. The number of anilines is 2. The standard InChI is InChI=1S/C12H19N3/c1-2-15(9-10-4-3-5-10)11-6-7-12(13)14-8-11/h6-8,10H,2-5,9H2,1H3,(H2,13,14). The first-order chi connectivity index (χ1) is 7.29. The minimum absolute atomic E-state index is 0.596. The van der Waals surface area contributed by atoms with Gasteiger partial charge in [-0.2, -0.15) is 0 Å². The summed E-state index contributed by atoms with van der Waals surface area (Å²) in [6, 6.07) is 3.93. The zero-order valence-electron chi connectivity index (χ0n) is 9.32. The van der Waals surface area contributed by atoms with Crippen molar-refractivity contribution in [2.75, 3.05) is 23.7 Å². The molecule has 0 amide bonds. The molecule has 1 fully saturated rings. The molecule has 0 saturated heterocycles. The van der Waals surface area contributed by atoms with E-state index in [4.69, 9.17) is 5.73 Å². The van der Waals surface area contributed by atoms with Crippen LogP contribution >= 0.6 is 0 Å². The van der Waals surface area contributed by atoms with Gasteiger partial charge < -0.3 is 10.6 Å². The van der Waals surface area contributed by atoms with Crippen molar-refractivity contribution in [1.29, 1.82) is 0 Å². The molecular weight excluding hydrogens is 186 g/mol. The Morgan fingerprint density at radius 3 is 2.73 bits per heavy atom. The van der Waals surface area contributed by atoms with Gasteiger partial charge in [0, 0.05) is 13.1 Å². The number of rotatable bonds is 4. The van der Waals surface area contributed by atoms with E-state index in [-0.39, 0.29) is 0 Å². The number of hydrogen-bond donors (Lipinski definition) is 1. The Labute approximate surface area is 91.3 Å². The fourth-order valence-electron chi connectivity index (χ4n) is 1.99. The van der Waals surface area contributed by atoms with Gasteiger partial charge in [0.25, 0.3) is 0 Å². The highest BCUT2D eigenvalue weighted by atomic mass is 15.1. The highest BCUT2D eigenvalue weighted by molar-refractivity contribution is 5.47. The molecule has 0 unspecified atom stereocenters. The van der Waals surface area contributed by atoms with Gasteiger partial charge >= 0.3 is 0 Å². The smallest absolute Gasteiger partial charge is 0.123 e. The maximum atomic E-state index is 5.58. The first kappa shape index (κ1) is 10.3. The molecule has 1 aromatic rings. The Bertz CT molecular complexity index is 303. The molecule has 1 heterocycles. The van der Waals surface area contributed by atoms with Crippen molar-refractivity contribution in [2.24, 2.45) is 5.92 Å².